The molecule has 0 aromatic rings. The molecule has 0 unspecified atom stereocenters. The molecule has 0 radical (unpaired) electrons. The summed E-state index contributed by atoms with van der Waals surface area (Å²) in [7, 11) is 0. The number of rotatable bonds is 3. The van der Waals surface area contributed by atoms with Gasteiger partial charge in [-0.1, -0.05) is 31.4 Å². The zero-order valence-electron chi connectivity index (χ0n) is 5.38. The molecule has 0 heterocycles. The molecule has 48 valence electrons. The summed E-state index contributed by atoms with van der Waals surface area (Å²) < 4.78 is 0. The van der Waals surface area contributed by atoms with Gasteiger partial charge in [-0.2, -0.15) is 0 Å². The molecule has 0 amide bonds. The van der Waals surface area contributed by atoms with Gasteiger partial charge in [0.05, 0.1) is 0 Å². The van der Waals surface area contributed by atoms with Gasteiger partial charge in [0.1, 0.15) is 0 Å². The summed E-state index contributed by atoms with van der Waals surface area (Å²) in [5.74, 6) is 0. The van der Waals surface area contributed by atoms with Crippen LogP contribution in [0.4, 0.5) is 0 Å². The third-order valence-corrected chi connectivity index (χ3v) is 0.757. The van der Waals surface area contributed by atoms with E-state index in [1.165, 1.54) is 6.20 Å². The maximum Gasteiger partial charge on any atom is -0.00566 e. The van der Waals surface area contributed by atoms with Crippen LogP contribution in [0.5, 0.6) is 0 Å². The number of allylic oxidation sites excluding steroid dienone is 5. The van der Waals surface area contributed by atoms with E-state index < -0.39 is 0 Å². The minimum Gasteiger partial charge on any atom is -0.405 e. The van der Waals surface area contributed by atoms with Crippen molar-refractivity contribution < 1.29 is 0 Å². The highest BCUT2D eigenvalue weighted by molar-refractivity contribution is 5.28. The largest absolute Gasteiger partial charge is 0.405 e. The Morgan fingerprint density at radius 2 is 2.00 bits per heavy atom. The summed E-state index contributed by atoms with van der Waals surface area (Å²) in [4.78, 5) is 0. The minimum atomic E-state index is 0.873. The molecule has 0 aromatic carbocycles. The molecule has 1 nitrogen and oxygen atoms in total. The fraction of sp³-hybridized carbons (Fsp3) is 0. The first-order chi connectivity index (χ1) is 4.31. The number of hydrogen-bond acceptors (Lipinski definition) is 1. The van der Waals surface area contributed by atoms with Gasteiger partial charge in [0.2, 0.25) is 0 Å². The lowest BCUT2D eigenvalue weighted by Crippen LogP contribution is -1.75. The van der Waals surface area contributed by atoms with Gasteiger partial charge in [-0.15, -0.1) is 0 Å². The molecule has 0 aromatic heterocycles. The average molecular weight is 121 g/mol. The Balaban J connectivity index is 3.76. The summed E-state index contributed by atoms with van der Waals surface area (Å²) in [5.41, 5.74) is 5.97. The average Bonchev–Trinajstić information content (AvgIpc) is 1.85. The van der Waals surface area contributed by atoms with Gasteiger partial charge in [0.15, 0.2) is 0 Å². The minimum absolute atomic E-state index is 0.873. The van der Waals surface area contributed by atoms with E-state index >= 15 is 0 Å². The molecule has 0 atom stereocenters. The van der Waals surface area contributed by atoms with E-state index in [4.69, 9.17) is 5.73 Å². The normalized spacial score (nSPS) is 10.7. The summed E-state index contributed by atoms with van der Waals surface area (Å²) >= 11 is 0. The first-order valence-electron chi connectivity index (χ1n) is 2.67. The van der Waals surface area contributed by atoms with E-state index in [1.54, 1.807) is 12.2 Å². The zero-order chi connectivity index (χ0) is 7.11. The van der Waals surface area contributed by atoms with Crippen LogP contribution in [-0.4, -0.2) is 0 Å². The Morgan fingerprint density at radius 3 is 2.44 bits per heavy atom. The van der Waals surface area contributed by atoms with Gasteiger partial charge in [0.25, 0.3) is 0 Å². The topological polar surface area (TPSA) is 26.0 Å². The number of hydrogen-bond donors (Lipinski definition) is 1. The van der Waals surface area contributed by atoms with Crippen LogP contribution in [0.1, 0.15) is 0 Å². The molecule has 9 heavy (non-hydrogen) atoms. The van der Waals surface area contributed by atoms with E-state index in [9.17, 15) is 0 Å². The molecular formula is C8H11N. The van der Waals surface area contributed by atoms with Gasteiger partial charge < -0.3 is 5.73 Å². The highest BCUT2D eigenvalue weighted by Crippen LogP contribution is 1.92. The van der Waals surface area contributed by atoms with Crippen molar-refractivity contribution in [3.8, 4) is 0 Å². The van der Waals surface area contributed by atoms with E-state index in [1.807, 2.05) is 12.2 Å². The van der Waals surface area contributed by atoms with Crippen molar-refractivity contribution in [2.45, 2.75) is 0 Å². The van der Waals surface area contributed by atoms with Gasteiger partial charge in [-0.3, -0.25) is 0 Å². The third-order valence-electron chi connectivity index (χ3n) is 0.757. The van der Waals surface area contributed by atoms with E-state index in [0.717, 1.165) is 5.57 Å². The van der Waals surface area contributed by atoms with Crippen LogP contribution in [0.2, 0.25) is 0 Å². The predicted octanol–water partition coefficient (Wildman–Crippen LogP) is 1.76. The maximum absolute atomic E-state index is 5.10. The van der Waals surface area contributed by atoms with E-state index in [-0.39, 0.29) is 0 Å². The molecule has 0 fully saturated rings. The molecule has 0 bridgehead atoms. The van der Waals surface area contributed by atoms with E-state index in [2.05, 4.69) is 13.2 Å². The Hall–Kier alpha value is -1.24. The van der Waals surface area contributed by atoms with Crippen LogP contribution in [0.25, 0.3) is 0 Å². The summed E-state index contributed by atoms with van der Waals surface area (Å²) in [6.07, 6.45) is 8.50. The second kappa shape index (κ2) is 4.91. The molecule has 0 aliphatic heterocycles. The van der Waals surface area contributed by atoms with Crippen LogP contribution >= 0.6 is 0 Å². The lowest BCUT2D eigenvalue weighted by molar-refractivity contribution is 1.57. The number of nitrogens with two attached hydrogens (primary N) is 1. The zero-order valence-corrected chi connectivity index (χ0v) is 5.38. The molecule has 0 spiro atoms. The summed E-state index contributed by atoms with van der Waals surface area (Å²) in [6, 6.07) is 0. The molecule has 0 rings (SSSR count). The molecule has 2 N–H and O–H groups in total. The van der Waals surface area contributed by atoms with E-state index in [0.29, 0.717) is 0 Å². The molecule has 0 saturated carbocycles. The van der Waals surface area contributed by atoms with Gasteiger partial charge in [0, 0.05) is 0 Å². The molecule has 0 aliphatic carbocycles. The van der Waals surface area contributed by atoms with Crippen LogP contribution in [0, 0.1) is 0 Å². The van der Waals surface area contributed by atoms with Crippen LogP contribution in [-0.2, 0) is 0 Å². The smallest absolute Gasteiger partial charge is 0.00566 e. The standard InChI is InChI=1S/C8H11N/c1-3-4-5-8(2)6-7-9/h3-7H,1-2,9H2/b5-4-,7-6+. The van der Waals surface area contributed by atoms with Gasteiger partial charge in [-0.05, 0) is 17.8 Å². The second-order valence-electron chi connectivity index (χ2n) is 1.53. The van der Waals surface area contributed by atoms with Crippen molar-refractivity contribution >= 4 is 0 Å². The highest BCUT2D eigenvalue weighted by Gasteiger charge is 1.73. The van der Waals surface area contributed by atoms with Crippen molar-refractivity contribution in [2.75, 3.05) is 0 Å². The van der Waals surface area contributed by atoms with Crippen molar-refractivity contribution in [2.24, 2.45) is 5.73 Å². The monoisotopic (exact) mass is 121 g/mol. The highest BCUT2D eigenvalue weighted by atomic mass is 14.5. The van der Waals surface area contributed by atoms with Crippen molar-refractivity contribution in [3.05, 3.63) is 49.2 Å². The lowest BCUT2D eigenvalue weighted by Gasteiger charge is -1.83. The molecule has 0 aliphatic rings. The Morgan fingerprint density at radius 1 is 1.33 bits per heavy atom. The van der Waals surface area contributed by atoms with Crippen molar-refractivity contribution in [3.63, 3.8) is 0 Å². The van der Waals surface area contributed by atoms with Crippen LogP contribution in [0.3, 0.4) is 0 Å². The molecule has 1 heteroatoms. The first-order valence-corrected chi connectivity index (χ1v) is 2.67. The Kier molecular flexibility index (Phi) is 4.23. The lowest BCUT2D eigenvalue weighted by atomic mass is 10.3. The fourth-order valence-corrected chi connectivity index (χ4v) is 0.371. The fourth-order valence-electron chi connectivity index (χ4n) is 0.371. The molecule has 0 saturated heterocycles. The van der Waals surface area contributed by atoms with Crippen molar-refractivity contribution in [1.29, 1.82) is 0 Å². The first kappa shape index (κ1) is 7.76. The van der Waals surface area contributed by atoms with Crippen LogP contribution in [0.15, 0.2) is 49.2 Å². The molecular weight excluding hydrogens is 110 g/mol. The quantitative estimate of drug-likeness (QED) is 0.566. The summed E-state index contributed by atoms with van der Waals surface area (Å²) in [5, 5.41) is 0. The summed E-state index contributed by atoms with van der Waals surface area (Å²) in [6.45, 7) is 7.19. The van der Waals surface area contributed by atoms with Crippen molar-refractivity contribution in [1.82, 2.24) is 0 Å². The van der Waals surface area contributed by atoms with Crippen LogP contribution < -0.4 is 5.73 Å². The predicted molar refractivity (Wildman–Crippen MR) is 41.8 cm³/mol. The van der Waals surface area contributed by atoms with Gasteiger partial charge in [-0.25, -0.2) is 0 Å². The van der Waals surface area contributed by atoms with Gasteiger partial charge >= 0.3 is 0 Å². The maximum atomic E-state index is 5.10. The Bertz CT molecular complexity index is 152. The Labute approximate surface area is 55.9 Å². The SMILES string of the molecule is C=C/C=C\C(=C)/C=C/N. The third kappa shape index (κ3) is 4.62. The second-order valence-corrected chi connectivity index (χ2v) is 1.53.